The van der Waals surface area contributed by atoms with E-state index in [1.165, 1.54) is 25.7 Å². The van der Waals surface area contributed by atoms with Crippen LogP contribution in [0.1, 0.15) is 46.0 Å². The summed E-state index contributed by atoms with van der Waals surface area (Å²) in [4.78, 5) is 7.01. The van der Waals surface area contributed by atoms with Gasteiger partial charge >= 0.3 is 0 Å². The first-order valence-electron chi connectivity index (χ1n) is 10.3. The van der Waals surface area contributed by atoms with Crippen molar-refractivity contribution in [1.29, 1.82) is 0 Å². The molecule has 6 heteroatoms. The Morgan fingerprint density at radius 3 is 2.50 bits per heavy atom. The molecule has 0 amide bonds. The van der Waals surface area contributed by atoms with Crippen molar-refractivity contribution >= 4 is 5.96 Å². The van der Waals surface area contributed by atoms with Gasteiger partial charge in [-0.3, -0.25) is 9.89 Å². The van der Waals surface area contributed by atoms with Gasteiger partial charge in [0.15, 0.2) is 5.96 Å². The van der Waals surface area contributed by atoms with Crippen LogP contribution < -0.4 is 10.6 Å². The molecule has 0 radical (unpaired) electrons. The summed E-state index contributed by atoms with van der Waals surface area (Å²) in [5.74, 6) is 1.61. The molecule has 0 aromatic heterocycles. The van der Waals surface area contributed by atoms with Crippen LogP contribution in [0.5, 0.6) is 0 Å². The van der Waals surface area contributed by atoms with Crippen molar-refractivity contribution in [2.24, 2.45) is 16.3 Å². The molecule has 0 bridgehead atoms. The van der Waals surface area contributed by atoms with Gasteiger partial charge in [0, 0.05) is 53.0 Å². The van der Waals surface area contributed by atoms with Crippen LogP contribution in [0.25, 0.3) is 0 Å². The van der Waals surface area contributed by atoms with E-state index in [0.717, 1.165) is 58.4 Å². The maximum Gasteiger partial charge on any atom is 0.191 e. The Morgan fingerprint density at radius 1 is 1.23 bits per heavy atom. The first-order valence-corrected chi connectivity index (χ1v) is 10.3. The van der Waals surface area contributed by atoms with Gasteiger partial charge in [-0.1, -0.05) is 20.3 Å². The molecule has 0 spiro atoms. The van der Waals surface area contributed by atoms with Gasteiger partial charge in [-0.25, -0.2) is 0 Å². The number of aliphatic imine (C=N–C) groups is 1. The number of hydrogen-bond donors (Lipinski definition) is 2. The van der Waals surface area contributed by atoms with Crippen molar-refractivity contribution < 1.29 is 9.47 Å². The largest absolute Gasteiger partial charge is 0.385 e. The van der Waals surface area contributed by atoms with E-state index in [4.69, 9.17) is 9.47 Å². The second-order valence-electron chi connectivity index (χ2n) is 8.33. The molecule has 2 N–H and O–H groups in total. The summed E-state index contributed by atoms with van der Waals surface area (Å²) < 4.78 is 10.8. The summed E-state index contributed by atoms with van der Waals surface area (Å²) >= 11 is 0. The summed E-state index contributed by atoms with van der Waals surface area (Å²) in [5.41, 5.74) is 0.398. The third-order valence-corrected chi connectivity index (χ3v) is 5.92. The smallest absolute Gasteiger partial charge is 0.191 e. The zero-order valence-corrected chi connectivity index (χ0v) is 17.4. The van der Waals surface area contributed by atoms with Gasteiger partial charge in [0.05, 0.1) is 13.2 Å². The number of nitrogens with one attached hydrogen (secondary N) is 2. The molecule has 1 atom stereocenters. The molecular formula is C20H40N4O2. The average molecular weight is 369 g/mol. The minimum atomic E-state index is 0.398. The zero-order chi connectivity index (χ0) is 18.8. The Kier molecular flexibility index (Phi) is 9.16. The molecule has 1 unspecified atom stereocenters. The highest BCUT2D eigenvalue weighted by molar-refractivity contribution is 5.79. The molecule has 1 aliphatic heterocycles. The van der Waals surface area contributed by atoms with Gasteiger partial charge < -0.3 is 20.1 Å². The lowest BCUT2D eigenvalue weighted by molar-refractivity contribution is 0.0132. The van der Waals surface area contributed by atoms with Gasteiger partial charge in [0.1, 0.15) is 0 Å². The van der Waals surface area contributed by atoms with Gasteiger partial charge in [0.2, 0.25) is 0 Å². The molecule has 26 heavy (non-hydrogen) atoms. The normalized spacial score (nSPS) is 22.1. The maximum absolute atomic E-state index is 5.52. The van der Waals surface area contributed by atoms with Crippen LogP contribution in [0.4, 0.5) is 0 Å². The van der Waals surface area contributed by atoms with Crippen molar-refractivity contribution in [3.05, 3.63) is 0 Å². The number of methoxy groups -OCH3 is 1. The Balaban J connectivity index is 1.81. The molecule has 2 fully saturated rings. The van der Waals surface area contributed by atoms with Crippen LogP contribution in [-0.4, -0.2) is 77.1 Å². The van der Waals surface area contributed by atoms with Gasteiger partial charge in [-0.2, -0.15) is 0 Å². The quantitative estimate of drug-likeness (QED) is 0.457. The number of rotatable bonds is 10. The monoisotopic (exact) mass is 368 g/mol. The molecule has 2 rings (SSSR count). The van der Waals surface area contributed by atoms with Crippen molar-refractivity contribution in [2.45, 2.75) is 52.0 Å². The third kappa shape index (κ3) is 6.71. The summed E-state index contributed by atoms with van der Waals surface area (Å²) in [6.07, 6.45) is 6.26. The van der Waals surface area contributed by atoms with Crippen LogP contribution in [-0.2, 0) is 9.47 Å². The molecule has 1 heterocycles. The summed E-state index contributed by atoms with van der Waals surface area (Å²) in [7, 11) is 3.66. The SMILES string of the molecule is CN=C(NCC(CC(C)C)N1CCOCC1)NCC1(CCOC)CCC1. The van der Waals surface area contributed by atoms with Crippen LogP contribution in [0.3, 0.4) is 0 Å². The standard InChI is InChI=1S/C20H40N4O2/c1-17(2)14-18(24-9-12-26-13-10-24)15-22-19(21-3)23-16-20(6-5-7-20)8-11-25-4/h17-18H,5-16H2,1-4H3,(H2,21,22,23). The number of nitrogens with zero attached hydrogens (tertiary/aromatic N) is 2. The minimum absolute atomic E-state index is 0.398. The molecule has 1 saturated heterocycles. The van der Waals surface area contributed by atoms with E-state index in [1.807, 2.05) is 7.05 Å². The van der Waals surface area contributed by atoms with Crippen molar-refractivity contribution in [1.82, 2.24) is 15.5 Å². The first-order chi connectivity index (χ1) is 12.6. The summed E-state index contributed by atoms with van der Waals surface area (Å²) in [6, 6.07) is 0.531. The van der Waals surface area contributed by atoms with E-state index < -0.39 is 0 Å². The van der Waals surface area contributed by atoms with Gasteiger partial charge in [0.25, 0.3) is 0 Å². The highest BCUT2D eigenvalue weighted by Gasteiger charge is 2.36. The van der Waals surface area contributed by atoms with E-state index in [9.17, 15) is 0 Å². The first kappa shape index (κ1) is 21.5. The molecule has 6 nitrogen and oxygen atoms in total. The fourth-order valence-electron chi connectivity index (χ4n) is 4.07. The predicted octanol–water partition coefficient (Wildman–Crippen LogP) is 2.11. The molecule has 2 aliphatic rings. The highest BCUT2D eigenvalue weighted by atomic mass is 16.5. The van der Waals surface area contributed by atoms with E-state index >= 15 is 0 Å². The second kappa shape index (κ2) is 11.1. The van der Waals surface area contributed by atoms with Crippen molar-refractivity contribution in [2.75, 3.05) is 60.2 Å². The van der Waals surface area contributed by atoms with E-state index in [1.54, 1.807) is 7.11 Å². The number of morpholine rings is 1. The lowest BCUT2D eigenvalue weighted by atomic mass is 9.67. The molecule has 152 valence electrons. The van der Waals surface area contributed by atoms with Crippen molar-refractivity contribution in [3.8, 4) is 0 Å². The average Bonchev–Trinajstić information content (AvgIpc) is 2.62. The van der Waals surface area contributed by atoms with Crippen molar-refractivity contribution in [3.63, 3.8) is 0 Å². The molecule has 1 saturated carbocycles. The summed E-state index contributed by atoms with van der Waals surface area (Å²) in [5, 5.41) is 7.15. The predicted molar refractivity (Wildman–Crippen MR) is 108 cm³/mol. The Hall–Kier alpha value is -0.850. The minimum Gasteiger partial charge on any atom is -0.385 e. The summed E-state index contributed by atoms with van der Waals surface area (Å²) in [6.45, 7) is 11.1. The zero-order valence-electron chi connectivity index (χ0n) is 17.4. The number of guanidine groups is 1. The Bertz CT molecular complexity index is 418. The maximum atomic E-state index is 5.52. The number of ether oxygens (including phenoxy) is 2. The highest BCUT2D eigenvalue weighted by Crippen LogP contribution is 2.43. The third-order valence-electron chi connectivity index (χ3n) is 5.92. The second-order valence-corrected chi connectivity index (χ2v) is 8.33. The van der Waals surface area contributed by atoms with E-state index in [-0.39, 0.29) is 0 Å². The molecule has 0 aromatic rings. The molecule has 0 aromatic carbocycles. The Morgan fingerprint density at radius 2 is 1.96 bits per heavy atom. The van der Waals surface area contributed by atoms with E-state index in [2.05, 4.69) is 34.4 Å². The fourth-order valence-corrected chi connectivity index (χ4v) is 4.07. The van der Waals surface area contributed by atoms with Crippen LogP contribution in [0.2, 0.25) is 0 Å². The number of hydrogen-bond acceptors (Lipinski definition) is 4. The fraction of sp³-hybridized carbons (Fsp3) is 0.950. The lowest BCUT2D eigenvalue weighted by Crippen LogP contribution is -2.52. The Labute approximate surface area is 160 Å². The van der Waals surface area contributed by atoms with Gasteiger partial charge in [-0.15, -0.1) is 0 Å². The van der Waals surface area contributed by atoms with Crippen LogP contribution in [0.15, 0.2) is 4.99 Å². The topological polar surface area (TPSA) is 58.1 Å². The molecule has 1 aliphatic carbocycles. The lowest BCUT2D eigenvalue weighted by Gasteiger charge is -2.42. The van der Waals surface area contributed by atoms with Crippen LogP contribution in [0, 0.1) is 11.3 Å². The van der Waals surface area contributed by atoms with Crippen LogP contribution >= 0.6 is 0 Å². The van der Waals surface area contributed by atoms with Gasteiger partial charge in [-0.05, 0) is 37.0 Å². The molecular weight excluding hydrogens is 328 g/mol. The van der Waals surface area contributed by atoms with E-state index in [0.29, 0.717) is 17.4 Å².